The van der Waals surface area contributed by atoms with Crippen molar-refractivity contribution < 1.29 is 0 Å². The SMILES string of the molecule is C/C=C\c1ccccc1N1CCNCC1. The van der Waals surface area contributed by atoms with Gasteiger partial charge in [0.1, 0.15) is 0 Å². The molecule has 0 amide bonds. The highest BCUT2D eigenvalue weighted by Gasteiger charge is 2.11. The van der Waals surface area contributed by atoms with Crippen molar-refractivity contribution >= 4 is 11.8 Å². The van der Waals surface area contributed by atoms with Gasteiger partial charge >= 0.3 is 0 Å². The van der Waals surface area contributed by atoms with Crippen molar-refractivity contribution in [2.75, 3.05) is 31.1 Å². The van der Waals surface area contributed by atoms with Crippen LogP contribution in [0.15, 0.2) is 30.3 Å². The second-order valence-electron chi connectivity index (χ2n) is 3.80. The highest BCUT2D eigenvalue weighted by atomic mass is 15.2. The Kier molecular flexibility index (Phi) is 3.41. The van der Waals surface area contributed by atoms with Gasteiger partial charge in [-0.3, -0.25) is 0 Å². The molecule has 1 aromatic rings. The quantitative estimate of drug-likeness (QED) is 0.790. The van der Waals surface area contributed by atoms with E-state index in [1.807, 2.05) is 0 Å². The first-order chi connectivity index (χ1) is 7.42. The van der Waals surface area contributed by atoms with Crippen molar-refractivity contribution in [1.82, 2.24) is 5.32 Å². The number of para-hydroxylation sites is 1. The van der Waals surface area contributed by atoms with E-state index in [1.165, 1.54) is 11.3 Å². The number of hydrogen-bond acceptors (Lipinski definition) is 2. The molecular formula is C13H18N2. The molecule has 0 bridgehead atoms. The Labute approximate surface area is 91.6 Å². The number of nitrogens with one attached hydrogen (secondary N) is 1. The molecule has 1 saturated heterocycles. The number of piperazine rings is 1. The lowest BCUT2D eigenvalue weighted by molar-refractivity contribution is 0.589. The summed E-state index contributed by atoms with van der Waals surface area (Å²) in [5, 5.41) is 3.38. The Morgan fingerprint density at radius 1 is 1.20 bits per heavy atom. The molecule has 15 heavy (non-hydrogen) atoms. The first kappa shape index (κ1) is 10.2. The summed E-state index contributed by atoms with van der Waals surface area (Å²) in [7, 11) is 0. The fraction of sp³-hybridized carbons (Fsp3) is 0.385. The van der Waals surface area contributed by atoms with Crippen LogP contribution in [0, 0.1) is 0 Å². The fourth-order valence-corrected chi connectivity index (χ4v) is 2.00. The van der Waals surface area contributed by atoms with Gasteiger partial charge in [-0.05, 0) is 18.6 Å². The summed E-state index contributed by atoms with van der Waals surface area (Å²) in [6.45, 7) is 6.45. The van der Waals surface area contributed by atoms with Crippen molar-refractivity contribution in [2.24, 2.45) is 0 Å². The first-order valence-electron chi connectivity index (χ1n) is 5.59. The van der Waals surface area contributed by atoms with Crippen molar-refractivity contribution in [2.45, 2.75) is 6.92 Å². The van der Waals surface area contributed by atoms with E-state index in [2.05, 4.69) is 53.6 Å². The lowest BCUT2D eigenvalue weighted by Crippen LogP contribution is -2.43. The molecule has 0 spiro atoms. The second kappa shape index (κ2) is 4.99. The highest BCUT2D eigenvalue weighted by Crippen LogP contribution is 2.21. The normalized spacial score (nSPS) is 17.3. The van der Waals surface area contributed by atoms with Crippen molar-refractivity contribution in [3.05, 3.63) is 35.9 Å². The molecule has 1 aliphatic heterocycles. The lowest BCUT2D eigenvalue weighted by Gasteiger charge is -2.30. The molecule has 0 aromatic heterocycles. The number of anilines is 1. The summed E-state index contributed by atoms with van der Waals surface area (Å²) in [4.78, 5) is 2.45. The fourth-order valence-electron chi connectivity index (χ4n) is 2.00. The molecule has 0 aliphatic carbocycles. The van der Waals surface area contributed by atoms with Crippen LogP contribution in [0.25, 0.3) is 6.08 Å². The molecule has 1 N–H and O–H groups in total. The van der Waals surface area contributed by atoms with Crippen LogP contribution in [0.5, 0.6) is 0 Å². The Hall–Kier alpha value is -1.28. The minimum absolute atomic E-state index is 1.09. The van der Waals surface area contributed by atoms with Gasteiger partial charge in [0.2, 0.25) is 0 Å². The van der Waals surface area contributed by atoms with E-state index in [0.717, 1.165) is 26.2 Å². The zero-order chi connectivity index (χ0) is 10.5. The topological polar surface area (TPSA) is 15.3 Å². The largest absolute Gasteiger partial charge is 0.369 e. The second-order valence-corrected chi connectivity index (χ2v) is 3.80. The van der Waals surface area contributed by atoms with Crippen LogP contribution in [0.4, 0.5) is 5.69 Å². The zero-order valence-corrected chi connectivity index (χ0v) is 9.24. The third kappa shape index (κ3) is 2.39. The van der Waals surface area contributed by atoms with Crippen LogP contribution < -0.4 is 10.2 Å². The third-order valence-corrected chi connectivity index (χ3v) is 2.74. The van der Waals surface area contributed by atoms with Crippen LogP contribution >= 0.6 is 0 Å². The molecule has 1 heterocycles. The van der Waals surface area contributed by atoms with E-state index in [4.69, 9.17) is 0 Å². The molecule has 0 radical (unpaired) electrons. The monoisotopic (exact) mass is 202 g/mol. The van der Waals surface area contributed by atoms with Gasteiger partial charge in [-0.25, -0.2) is 0 Å². The summed E-state index contributed by atoms with van der Waals surface area (Å²) < 4.78 is 0. The maximum Gasteiger partial charge on any atom is 0.0440 e. The molecular weight excluding hydrogens is 184 g/mol. The number of allylic oxidation sites excluding steroid dienone is 1. The average Bonchev–Trinajstić information content (AvgIpc) is 2.31. The molecule has 0 unspecified atom stereocenters. The maximum absolute atomic E-state index is 3.38. The molecule has 1 aliphatic rings. The van der Waals surface area contributed by atoms with Gasteiger partial charge in [0, 0.05) is 31.9 Å². The van der Waals surface area contributed by atoms with E-state index >= 15 is 0 Å². The summed E-state index contributed by atoms with van der Waals surface area (Å²) in [6.07, 6.45) is 4.28. The van der Waals surface area contributed by atoms with Gasteiger partial charge < -0.3 is 10.2 Å². The molecule has 1 aromatic carbocycles. The Morgan fingerprint density at radius 2 is 1.93 bits per heavy atom. The van der Waals surface area contributed by atoms with Gasteiger partial charge in [0.25, 0.3) is 0 Å². The predicted octanol–water partition coefficient (Wildman–Crippen LogP) is 2.13. The van der Waals surface area contributed by atoms with E-state index in [-0.39, 0.29) is 0 Å². The molecule has 2 nitrogen and oxygen atoms in total. The Bertz CT molecular complexity index is 338. The van der Waals surface area contributed by atoms with Gasteiger partial charge in [0.05, 0.1) is 0 Å². The van der Waals surface area contributed by atoms with Gasteiger partial charge in [-0.2, -0.15) is 0 Å². The summed E-state index contributed by atoms with van der Waals surface area (Å²) in [6, 6.07) is 8.60. The first-order valence-corrected chi connectivity index (χ1v) is 5.59. The Morgan fingerprint density at radius 3 is 2.67 bits per heavy atom. The minimum atomic E-state index is 1.09. The van der Waals surface area contributed by atoms with Crippen LogP contribution in [0.2, 0.25) is 0 Å². The standard InChI is InChI=1S/C13H18N2/c1-2-5-12-6-3-4-7-13(12)15-10-8-14-9-11-15/h2-7,14H,8-11H2,1H3/b5-2-. The number of benzene rings is 1. The maximum atomic E-state index is 3.38. The number of hydrogen-bond donors (Lipinski definition) is 1. The van der Waals surface area contributed by atoms with E-state index in [9.17, 15) is 0 Å². The van der Waals surface area contributed by atoms with Gasteiger partial charge in [-0.1, -0.05) is 30.4 Å². The van der Waals surface area contributed by atoms with Gasteiger partial charge in [-0.15, -0.1) is 0 Å². The molecule has 1 fully saturated rings. The van der Waals surface area contributed by atoms with E-state index in [1.54, 1.807) is 0 Å². The average molecular weight is 202 g/mol. The van der Waals surface area contributed by atoms with Gasteiger partial charge in [0.15, 0.2) is 0 Å². The smallest absolute Gasteiger partial charge is 0.0440 e. The summed E-state index contributed by atoms with van der Waals surface area (Å²) in [5.41, 5.74) is 2.68. The van der Waals surface area contributed by atoms with Crippen LogP contribution in [-0.4, -0.2) is 26.2 Å². The van der Waals surface area contributed by atoms with Crippen LogP contribution in [0.3, 0.4) is 0 Å². The van der Waals surface area contributed by atoms with Crippen molar-refractivity contribution in [1.29, 1.82) is 0 Å². The highest BCUT2D eigenvalue weighted by molar-refractivity contribution is 5.67. The minimum Gasteiger partial charge on any atom is -0.369 e. The zero-order valence-electron chi connectivity index (χ0n) is 9.24. The molecule has 2 rings (SSSR count). The number of rotatable bonds is 2. The van der Waals surface area contributed by atoms with Crippen molar-refractivity contribution in [3.8, 4) is 0 Å². The molecule has 0 atom stereocenters. The number of nitrogens with zero attached hydrogens (tertiary/aromatic N) is 1. The summed E-state index contributed by atoms with van der Waals surface area (Å²) in [5.74, 6) is 0. The third-order valence-electron chi connectivity index (χ3n) is 2.74. The molecule has 80 valence electrons. The predicted molar refractivity (Wildman–Crippen MR) is 66.2 cm³/mol. The molecule has 0 saturated carbocycles. The Balaban J connectivity index is 2.25. The van der Waals surface area contributed by atoms with E-state index in [0.29, 0.717) is 0 Å². The molecule has 2 heteroatoms. The summed E-state index contributed by atoms with van der Waals surface area (Å²) >= 11 is 0. The van der Waals surface area contributed by atoms with Crippen LogP contribution in [0.1, 0.15) is 12.5 Å². The lowest BCUT2D eigenvalue weighted by atomic mass is 10.1. The van der Waals surface area contributed by atoms with Crippen LogP contribution in [-0.2, 0) is 0 Å². The van der Waals surface area contributed by atoms with E-state index < -0.39 is 0 Å². The van der Waals surface area contributed by atoms with Crippen molar-refractivity contribution in [3.63, 3.8) is 0 Å².